The predicted molar refractivity (Wildman–Crippen MR) is 72.4 cm³/mol. The van der Waals surface area contributed by atoms with Crippen LogP contribution in [0.3, 0.4) is 0 Å². The summed E-state index contributed by atoms with van der Waals surface area (Å²) in [6.45, 7) is 4.13. The van der Waals surface area contributed by atoms with Crippen molar-refractivity contribution in [2.45, 2.75) is 20.3 Å². The lowest BCUT2D eigenvalue weighted by Crippen LogP contribution is -2.29. The molecule has 5 nitrogen and oxygen atoms in total. The fourth-order valence-electron chi connectivity index (χ4n) is 1.93. The van der Waals surface area contributed by atoms with Crippen LogP contribution in [0.4, 0.5) is 0 Å². The van der Waals surface area contributed by atoms with E-state index in [9.17, 15) is 9.90 Å². The van der Waals surface area contributed by atoms with E-state index in [2.05, 4.69) is 5.48 Å². The van der Waals surface area contributed by atoms with Crippen LogP contribution in [0.5, 0.6) is 11.5 Å². The first-order valence-corrected chi connectivity index (χ1v) is 6.16. The molecule has 2 rings (SSSR count). The molecule has 1 amide bonds. The Bertz CT molecular complexity index is 537. The van der Waals surface area contributed by atoms with Gasteiger partial charge in [0.25, 0.3) is 0 Å². The summed E-state index contributed by atoms with van der Waals surface area (Å²) in [6.07, 6.45) is 0.678. The summed E-state index contributed by atoms with van der Waals surface area (Å²) in [4.78, 5) is 18.3. The lowest BCUT2D eigenvalue weighted by Gasteiger charge is -2.24. The molecule has 0 aliphatic carbocycles. The zero-order valence-electron chi connectivity index (χ0n) is 11.4. The fraction of sp³-hybridized carbons (Fsp3) is 0.357. The molecule has 0 atom stereocenters. The van der Waals surface area contributed by atoms with Crippen molar-refractivity contribution in [2.75, 3.05) is 13.6 Å². The standard InChI is InChI=1S/C14H18N2O3/c1-9-12-8-11(18)4-5-14(12)19-15-13(9)6-7-16(3)10(2)17/h4-5,8,15,18H,6-7H2,1-3H3. The summed E-state index contributed by atoms with van der Waals surface area (Å²) in [5, 5.41) is 9.53. The number of amides is 1. The number of benzene rings is 1. The minimum atomic E-state index is 0.0352. The molecule has 2 N–H and O–H groups in total. The van der Waals surface area contributed by atoms with Gasteiger partial charge in [0.15, 0.2) is 5.75 Å². The third kappa shape index (κ3) is 2.81. The highest BCUT2D eigenvalue weighted by Crippen LogP contribution is 2.34. The van der Waals surface area contributed by atoms with E-state index in [-0.39, 0.29) is 11.7 Å². The minimum absolute atomic E-state index is 0.0352. The first-order chi connectivity index (χ1) is 8.99. The number of nitrogens with zero attached hydrogens (tertiary/aromatic N) is 1. The van der Waals surface area contributed by atoms with Crippen molar-refractivity contribution < 1.29 is 14.7 Å². The third-order valence-electron chi connectivity index (χ3n) is 3.34. The van der Waals surface area contributed by atoms with Crippen molar-refractivity contribution in [2.24, 2.45) is 0 Å². The number of carbonyl (C=O) groups excluding carboxylic acids is 1. The highest BCUT2D eigenvalue weighted by molar-refractivity contribution is 5.74. The van der Waals surface area contributed by atoms with Gasteiger partial charge in [0.1, 0.15) is 5.75 Å². The Morgan fingerprint density at radius 2 is 2.21 bits per heavy atom. The van der Waals surface area contributed by atoms with Gasteiger partial charge in [-0.25, -0.2) is 5.48 Å². The van der Waals surface area contributed by atoms with Gasteiger partial charge in [0, 0.05) is 32.5 Å². The van der Waals surface area contributed by atoms with E-state index in [0.717, 1.165) is 16.8 Å². The Hall–Kier alpha value is -2.17. The van der Waals surface area contributed by atoms with E-state index in [1.165, 1.54) is 0 Å². The second-order valence-corrected chi connectivity index (χ2v) is 4.68. The molecule has 0 radical (unpaired) electrons. The van der Waals surface area contributed by atoms with Gasteiger partial charge in [0.2, 0.25) is 5.91 Å². The van der Waals surface area contributed by atoms with E-state index in [1.807, 2.05) is 6.92 Å². The van der Waals surface area contributed by atoms with Crippen LogP contribution in [0.2, 0.25) is 0 Å². The van der Waals surface area contributed by atoms with Crippen molar-refractivity contribution in [3.05, 3.63) is 29.5 Å². The monoisotopic (exact) mass is 262 g/mol. The van der Waals surface area contributed by atoms with Crippen LogP contribution in [-0.2, 0) is 4.79 Å². The topological polar surface area (TPSA) is 61.8 Å². The second-order valence-electron chi connectivity index (χ2n) is 4.68. The summed E-state index contributed by atoms with van der Waals surface area (Å²) in [6, 6.07) is 4.99. The average Bonchev–Trinajstić information content (AvgIpc) is 2.38. The van der Waals surface area contributed by atoms with Crippen molar-refractivity contribution in [3.8, 4) is 11.5 Å². The SMILES string of the molecule is CC(=O)N(C)CCC1=C(C)c2cc(O)ccc2ON1. The molecular formula is C14H18N2O3. The Morgan fingerprint density at radius 1 is 1.47 bits per heavy atom. The summed E-state index contributed by atoms with van der Waals surface area (Å²) >= 11 is 0. The van der Waals surface area contributed by atoms with Gasteiger partial charge in [-0.1, -0.05) is 0 Å². The van der Waals surface area contributed by atoms with Gasteiger partial charge in [-0.05, 0) is 30.7 Å². The van der Waals surface area contributed by atoms with Gasteiger partial charge in [-0.15, -0.1) is 0 Å². The van der Waals surface area contributed by atoms with Crippen molar-refractivity contribution >= 4 is 11.5 Å². The quantitative estimate of drug-likeness (QED) is 0.873. The molecule has 102 valence electrons. The summed E-state index contributed by atoms with van der Waals surface area (Å²) in [7, 11) is 1.77. The molecule has 1 aliphatic heterocycles. The first kappa shape index (κ1) is 13.3. The Kier molecular flexibility index (Phi) is 3.64. The molecule has 0 spiro atoms. The summed E-state index contributed by atoms with van der Waals surface area (Å²) < 4.78 is 0. The largest absolute Gasteiger partial charge is 0.508 e. The molecule has 1 aromatic rings. The molecule has 1 aromatic carbocycles. The lowest BCUT2D eigenvalue weighted by molar-refractivity contribution is -0.127. The number of hydrogen-bond acceptors (Lipinski definition) is 4. The van der Waals surface area contributed by atoms with Gasteiger partial charge in [0.05, 0.1) is 5.70 Å². The van der Waals surface area contributed by atoms with Gasteiger partial charge < -0.3 is 14.8 Å². The molecule has 5 heteroatoms. The Morgan fingerprint density at radius 3 is 2.89 bits per heavy atom. The fourth-order valence-corrected chi connectivity index (χ4v) is 1.93. The van der Waals surface area contributed by atoms with Crippen LogP contribution in [-0.4, -0.2) is 29.5 Å². The van der Waals surface area contributed by atoms with Crippen LogP contribution in [0, 0.1) is 0 Å². The number of hydrogen-bond donors (Lipinski definition) is 2. The van der Waals surface area contributed by atoms with Crippen molar-refractivity contribution in [1.82, 2.24) is 10.4 Å². The van der Waals surface area contributed by atoms with Gasteiger partial charge in [-0.2, -0.15) is 0 Å². The number of rotatable bonds is 3. The molecule has 19 heavy (non-hydrogen) atoms. The van der Waals surface area contributed by atoms with E-state index < -0.39 is 0 Å². The number of phenolic OH excluding ortho intramolecular Hbond substituents is 1. The highest BCUT2D eigenvalue weighted by Gasteiger charge is 2.18. The summed E-state index contributed by atoms with van der Waals surface area (Å²) in [5.41, 5.74) is 5.72. The lowest BCUT2D eigenvalue weighted by atomic mass is 10.0. The number of nitrogens with one attached hydrogen (secondary N) is 1. The number of carbonyl (C=O) groups is 1. The van der Waals surface area contributed by atoms with Crippen LogP contribution >= 0.6 is 0 Å². The Labute approximate surface area is 112 Å². The van der Waals surface area contributed by atoms with E-state index in [4.69, 9.17) is 4.84 Å². The zero-order chi connectivity index (χ0) is 14.0. The van der Waals surface area contributed by atoms with E-state index in [1.54, 1.807) is 37.1 Å². The predicted octanol–water partition coefficient (Wildman–Crippen LogP) is 1.89. The van der Waals surface area contributed by atoms with Crippen LogP contribution in [0.15, 0.2) is 23.9 Å². The van der Waals surface area contributed by atoms with Crippen LogP contribution in [0.1, 0.15) is 25.8 Å². The van der Waals surface area contributed by atoms with Crippen molar-refractivity contribution in [1.29, 1.82) is 0 Å². The highest BCUT2D eigenvalue weighted by atomic mass is 16.6. The van der Waals surface area contributed by atoms with Gasteiger partial charge in [-0.3, -0.25) is 4.79 Å². The average molecular weight is 262 g/mol. The van der Waals surface area contributed by atoms with Crippen LogP contribution in [0.25, 0.3) is 5.57 Å². The summed E-state index contributed by atoms with van der Waals surface area (Å²) in [5.74, 6) is 0.941. The minimum Gasteiger partial charge on any atom is -0.508 e. The molecule has 1 heterocycles. The molecular weight excluding hydrogens is 244 g/mol. The van der Waals surface area contributed by atoms with E-state index >= 15 is 0 Å². The first-order valence-electron chi connectivity index (χ1n) is 6.16. The molecule has 0 saturated carbocycles. The number of hydroxylamine groups is 1. The second kappa shape index (κ2) is 5.22. The molecule has 0 aromatic heterocycles. The number of phenols is 1. The Balaban J connectivity index is 2.18. The maximum Gasteiger partial charge on any atom is 0.219 e. The number of allylic oxidation sites excluding steroid dienone is 1. The van der Waals surface area contributed by atoms with Crippen molar-refractivity contribution in [3.63, 3.8) is 0 Å². The number of fused-ring (bicyclic) bond motifs is 1. The number of aromatic hydroxyl groups is 1. The van der Waals surface area contributed by atoms with Crippen LogP contribution < -0.4 is 10.3 Å². The zero-order valence-corrected chi connectivity index (χ0v) is 11.4. The maximum atomic E-state index is 11.2. The van der Waals surface area contributed by atoms with Gasteiger partial charge >= 0.3 is 0 Å². The smallest absolute Gasteiger partial charge is 0.219 e. The third-order valence-corrected chi connectivity index (χ3v) is 3.34. The molecule has 1 aliphatic rings. The molecule has 0 unspecified atom stereocenters. The molecule has 0 saturated heterocycles. The van der Waals surface area contributed by atoms with E-state index in [0.29, 0.717) is 18.7 Å². The maximum absolute atomic E-state index is 11.2. The normalized spacial score (nSPS) is 13.4. The molecule has 0 bridgehead atoms. The molecule has 0 fully saturated rings.